The number of aromatic nitrogens is 1. The van der Waals surface area contributed by atoms with Gasteiger partial charge in [0.25, 0.3) is 0 Å². The number of aliphatic carboxylic acids is 1. The minimum atomic E-state index is -1.12. The first kappa shape index (κ1) is 18.0. The number of rotatable bonds is 6. The number of carboxylic acid groups (broad SMARTS) is 1. The first-order chi connectivity index (χ1) is 9.63. The van der Waals surface area contributed by atoms with Gasteiger partial charge in [-0.3, -0.25) is 9.59 Å². The summed E-state index contributed by atoms with van der Waals surface area (Å²) in [4.78, 5) is 26.6. The molecule has 21 heavy (non-hydrogen) atoms. The molecule has 0 spiro atoms. The van der Waals surface area contributed by atoms with Crippen LogP contribution in [0.3, 0.4) is 0 Å². The molecule has 0 aliphatic heterocycles. The van der Waals surface area contributed by atoms with Crippen molar-refractivity contribution in [3.8, 4) is 0 Å². The number of nitrogens with two attached hydrogens (primary N) is 1. The fourth-order valence-electron chi connectivity index (χ4n) is 1.31. The number of anilines is 1. The van der Waals surface area contributed by atoms with Crippen molar-refractivity contribution in [2.45, 2.75) is 24.6 Å². The van der Waals surface area contributed by atoms with Crippen molar-refractivity contribution < 1.29 is 14.7 Å². The molecule has 6 nitrogen and oxygen atoms in total. The van der Waals surface area contributed by atoms with Crippen molar-refractivity contribution in [3.63, 3.8) is 0 Å². The highest BCUT2D eigenvalue weighted by molar-refractivity contribution is 8.01. The van der Waals surface area contributed by atoms with Crippen LogP contribution in [0.25, 0.3) is 0 Å². The molecule has 0 radical (unpaired) electrons. The lowest BCUT2D eigenvalue weighted by Crippen LogP contribution is -2.47. The van der Waals surface area contributed by atoms with E-state index in [-0.39, 0.29) is 22.5 Å². The molecule has 0 fully saturated rings. The van der Waals surface area contributed by atoms with Crippen LogP contribution in [-0.4, -0.2) is 38.5 Å². The quantitative estimate of drug-likeness (QED) is 0.725. The highest BCUT2D eigenvalue weighted by Gasteiger charge is 2.33. The summed E-state index contributed by atoms with van der Waals surface area (Å²) in [5, 5.41) is 12.0. The van der Waals surface area contributed by atoms with Crippen LogP contribution in [0.4, 0.5) is 5.82 Å². The summed E-state index contributed by atoms with van der Waals surface area (Å²) in [5.41, 5.74) is 5.57. The molecule has 0 saturated carbocycles. The first-order valence-electron chi connectivity index (χ1n) is 5.86. The highest BCUT2D eigenvalue weighted by atomic mass is 35.5. The van der Waals surface area contributed by atoms with Gasteiger partial charge in [-0.1, -0.05) is 23.2 Å². The normalized spacial score (nSPS) is 12.8. The Bertz CT molecular complexity index is 555. The standard InChI is InChI=1S/C12H15Cl2N3O3S/c1-12(2,9(15)11(19)20)21-5-8(18)17-10-7(14)3-6(13)4-16-10/h3-4,9H,5,15H2,1-2H3,(H,19,20)(H,16,17,18)/t9-/m1/s1. The molecule has 116 valence electrons. The lowest BCUT2D eigenvalue weighted by molar-refractivity contribution is -0.139. The molecule has 1 aromatic heterocycles. The van der Waals surface area contributed by atoms with E-state index in [9.17, 15) is 9.59 Å². The molecular formula is C12H15Cl2N3O3S. The van der Waals surface area contributed by atoms with E-state index in [1.807, 2.05) is 0 Å². The Hall–Kier alpha value is -1.02. The number of carboxylic acids is 1. The van der Waals surface area contributed by atoms with Gasteiger partial charge in [0.05, 0.1) is 15.8 Å². The fraction of sp³-hybridized carbons (Fsp3) is 0.417. The van der Waals surface area contributed by atoms with E-state index in [2.05, 4.69) is 10.3 Å². The van der Waals surface area contributed by atoms with Crippen LogP contribution >= 0.6 is 35.0 Å². The number of thioether (sulfide) groups is 1. The minimum Gasteiger partial charge on any atom is -0.480 e. The van der Waals surface area contributed by atoms with Gasteiger partial charge in [-0.25, -0.2) is 4.98 Å². The van der Waals surface area contributed by atoms with Crippen LogP contribution in [0, 0.1) is 0 Å². The fourth-order valence-corrected chi connectivity index (χ4v) is 2.60. The number of hydrogen-bond donors (Lipinski definition) is 3. The summed E-state index contributed by atoms with van der Waals surface area (Å²) < 4.78 is -0.791. The Morgan fingerprint density at radius 1 is 1.52 bits per heavy atom. The highest BCUT2D eigenvalue weighted by Crippen LogP contribution is 2.28. The van der Waals surface area contributed by atoms with Crippen LogP contribution < -0.4 is 11.1 Å². The average molecular weight is 352 g/mol. The molecule has 1 rings (SSSR count). The summed E-state index contributed by atoms with van der Waals surface area (Å²) >= 11 is 12.7. The Kier molecular flexibility index (Phi) is 6.27. The maximum atomic E-state index is 11.8. The second-order valence-electron chi connectivity index (χ2n) is 4.74. The van der Waals surface area contributed by atoms with Crippen molar-refractivity contribution in [3.05, 3.63) is 22.3 Å². The lowest BCUT2D eigenvalue weighted by atomic mass is 10.1. The number of hydrogen-bond acceptors (Lipinski definition) is 5. The number of carbonyl (C=O) groups is 2. The van der Waals surface area contributed by atoms with Crippen LogP contribution in [-0.2, 0) is 9.59 Å². The number of nitrogens with one attached hydrogen (secondary N) is 1. The van der Waals surface area contributed by atoms with Gasteiger partial charge in [-0.05, 0) is 19.9 Å². The summed E-state index contributed by atoms with van der Waals surface area (Å²) in [5.74, 6) is -1.25. The summed E-state index contributed by atoms with van der Waals surface area (Å²) in [7, 11) is 0. The molecule has 1 aromatic rings. The molecule has 0 saturated heterocycles. The zero-order chi connectivity index (χ0) is 16.2. The van der Waals surface area contributed by atoms with Gasteiger partial charge in [0, 0.05) is 10.9 Å². The zero-order valence-corrected chi connectivity index (χ0v) is 13.7. The second kappa shape index (κ2) is 7.31. The molecule has 0 aromatic carbocycles. The minimum absolute atomic E-state index is 0.0224. The molecule has 0 aliphatic rings. The van der Waals surface area contributed by atoms with Gasteiger partial charge in [0.1, 0.15) is 6.04 Å². The van der Waals surface area contributed by atoms with E-state index >= 15 is 0 Å². The molecule has 0 aliphatic carbocycles. The molecule has 4 N–H and O–H groups in total. The summed E-state index contributed by atoms with van der Waals surface area (Å²) in [6, 6.07) is 0.385. The third-order valence-electron chi connectivity index (χ3n) is 2.66. The molecule has 0 bridgehead atoms. The van der Waals surface area contributed by atoms with E-state index in [0.29, 0.717) is 5.02 Å². The Morgan fingerprint density at radius 2 is 2.14 bits per heavy atom. The average Bonchev–Trinajstić information content (AvgIpc) is 2.39. The predicted octanol–water partition coefficient (Wildman–Crippen LogP) is 2.25. The molecule has 1 atom stereocenters. The number of nitrogens with zero attached hydrogens (tertiary/aromatic N) is 1. The maximum absolute atomic E-state index is 11.8. The van der Waals surface area contributed by atoms with E-state index in [0.717, 1.165) is 11.8 Å². The van der Waals surface area contributed by atoms with Gasteiger partial charge >= 0.3 is 5.97 Å². The largest absolute Gasteiger partial charge is 0.480 e. The topological polar surface area (TPSA) is 105 Å². The van der Waals surface area contributed by atoms with Gasteiger partial charge in [0.15, 0.2) is 5.82 Å². The van der Waals surface area contributed by atoms with Crippen LogP contribution in [0.2, 0.25) is 10.0 Å². The molecule has 1 heterocycles. The number of amides is 1. The van der Waals surface area contributed by atoms with Crippen LogP contribution in [0.1, 0.15) is 13.8 Å². The number of pyridine rings is 1. The zero-order valence-electron chi connectivity index (χ0n) is 11.4. The number of carbonyl (C=O) groups excluding carboxylic acids is 1. The van der Waals surface area contributed by atoms with E-state index in [1.54, 1.807) is 13.8 Å². The van der Waals surface area contributed by atoms with Crippen molar-refractivity contribution in [1.82, 2.24) is 4.98 Å². The van der Waals surface area contributed by atoms with Crippen LogP contribution in [0.15, 0.2) is 12.3 Å². The van der Waals surface area contributed by atoms with Gasteiger partial charge in [-0.2, -0.15) is 0 Å². The van der Waals surface area contributed by atoms with Gasteiger partial charge in [0.2, 0.25) is 5.91 Å². The monoisotopic (exact) mass is 351 g/mol. The second-order valence-corrected chi connectivity index (χ2v) is 7.21. The van der Waals surface area contributed by atoms with Crippen molar-refractivity contribution >= 4 is 52.7 Å². The first-order valence-corrected chi connectivity index (χ1v) is 7.61. The number of halogens is 2. The van der Waals surface area contributed by atoms with Crippen molar-refractivity contribution in [2.24, 2.45) is 5.73 Å². The lowest BCUT2D eigenvalue weighted by Gasteiger charge is -2.27. The Morgan fingerprint density at radius 3 is 2.67 bits per heavy atom. The van der Waals surface area contributed by atoms with E-state index in [4.69, 9.17) is 34.0 Å². The third-order valence-corrected chi connectivity index (χ3v) is 4.56. The third kappa shape index (κ3) is 5.35. The van der Waals surface area contributed by atoms with Crippen molar-refractivity contribution in [2.75, 3.05) is 11.1 Å². The Labute approximate surface area is 136 Å². The summed E-state index contributed by atoms with van der Waals surface area (Å²) in [6.45, 7) is 3.33. The maximum Gasteiger partial charge on any atom is 0.321 e. The van der Waals surface area contributed by atoms with E-state index < -0.39 is 16.8 Å². The molecule has 1 amide bonds. The van der Waals surface area contributed by atoms with Gasteiger partial charge < -0.3 is 16.2 Å². The van der Waals surface area contributed by atoms with E-state index in [1.165, 1.54) is 12.3 Å². The smallest absolute Gasteiger partial charge is 0.321 e. The molecule has 0 unspecified atom stereocenters. The predicted molar refractivity (Wildman–Crippen MR) is 85.0 cm³/mol. The molecular weight excluding hydrogens is 337 g/mol. The summed E-state index contributed by atoms with van der Waals surface area (Å²) in [6.07, 6.45) is 1.36. The van der Waals surface area contributed by atoms with Crippen LogP contribution in [0.5, 0.6) is 0 Å². The Balaban J connectivity index is 2.60. The molecule has 9 heteroatoms. The van der Waals surface area contributed by atoms with Gasteiger partial charge in [-0.15, -0.1) is 11.8 Å². The van der Waals surface area contributed by atoms with Crippen molar-refractivity contribution in [1.29, 1.82) is 0 Å². The SMILES string of the molecule is CC(C)(SCC(=O)Nc1ncc(Cl)cc1Cl)[C@H](N)C(=O)O.